The number of pyridine rings is 1. The Hall–Kier alpha value is -2.54. The smallest absolute Gasteiger partial charge is 0.352 e. The number of nitrogens with one attached hydrogen (secondary N) is 2. The van der Waals surface area contributed by atoms with Gasteiger partial charge in [-0.1, -0.05) is 0 Å². The molecular formula is C15H18N4O3. The molecule has 5 N–H and O–H groups in total. The predicted octanol–water partition coefficient (Wildman–Crippen LogP) is 0.607. The zero-order valence-electron chi connectivity index (χ0n) is 12.2. The van der Waals surface area contributed by atoms with Crippen molar-refractivity contribution in [3.05, 3.63) is 34.1 Å². The van der Waals surface area contributed by atoms with Crippen LogP contribution in [0.2, 0.25) is 0 Å². The third-order valence-electron chi connectivity index (χ3n) is 4.02. The van der Waals surface area contributed by atoms with Gasteiger partial charge < -0.3 is 26.0 Å². The Balaban J connectivity index is 2.16. The Bertz CT molecular complexity index is 799. The van der Waals surface area contributed by atoms with E-state index in [0.29, 0.717) is 22.6 Å². The zero-order valence-corrected chi connectivity index (χ0v) is 12.2. The molecule has 1 atom stereocenters. The van der Waals surface area contributed by atoms with Gasteiger partial charge in [-0.2, -0.15) is 0 Å². The van der Waals surface area contributed by atoms with Crippen LogP contribution in [0, 0.1) is 0 Å². The van der Waals surface area contributed by atoms with Gasteiger partial charge in [0.15, 0.2) is 5.43 Å². The molecule has 0 amide bonds. The van der Waals surface area contributed by atoms with Crippen LogP contribution in [0.5, 0.6) is 0 Å². The SMILES string of the molecule is CC1CNCCN1c1cc(N)c2[nH]c(C(=O)O)cc(=O)c2c1. The fourth-order valence-electron chi connectivity index (χ4n) is 2.87. The summed E-state index contributed by atoms with van der Waals surface area (Å²) in [5.41, 5.74) is 7.16. The number of benzene rings is 1. The van der Waals surface area contributed by atoms with Crippen LogP contribution in [-0.4, -0.2) is 41.7 Å². The van der Waals surface area contributed by atoms with Gasteiger partial charge in [0.2, 0.25) is 0 Å². The van der Waals surface area contributed by atoms with Crippen LogP contribution in [0.3, 0.4) is 0 Å². The quantitative estimate of drug-likeness (QED) is 0.605. The molecule has 0 spiro atoms. The molecule has 0 radical (unpaired) electrons. The summed E-state index contributed by atoms with van der Waals surface area (Å²) in [5.74, 6) is -1.18. The standard InChI is InChI=1S/C15H18N4O3/c1-8-7-17-2-3-19(8)9-4-10-13(20)6-12(15(21)22)18-14(10)11(16)5-9/h4-6,8,17H,2-3,7,16H2,1H3,(H,18,20)(H,21,22). The predicted molar refractivity (Wildman–Crippen MR) is 85.6 cm³/mol. The molecule has 0 aliphatic carbocycles. The number of carbonyl (C=O) groups is 1. The topological polar surface area (TPSA) is 111 Å². The third-order valence-corrected chi connectivity index (χ3v) is 4.02. The minimum absolute atomic E-state index is 0.160. The van der Waals surface area contributed by atoms with Crippen LogP contribution in [0.1, 0.15) is 17.4 Å². The Morgan fingerprint density at radius 2 is 2.18 bits per heavy atom. The molecule has 1 aliphatic rings. The van der Waals surface area contributed by atoms with E-state index in [1.807, 2.05) is 0 Å². The number of nitrogens with two attached hydrogens (primary N) is 1. The van der Waals surface area contributed by atoms with Crippen molar-refractivity contribution in [1.29, 1.82) is 0 Å². The first-order valence-corrected chi connectivity index (χ1v) is 7.14. The molecule has 1 saturated heterocycles. The van der Waals surface area contributed by atoms with Crippen LogP contribution in [0.4, 0.5) is 11.4 Å². The number of hydrogen-bond acceptors (Lipinski definition) is 5. The molecule has 22 heavy (non-hydrogen) atoms. The molecule has 1 fully saturated rings. The Labute approximate surface area is 126 Å². The number of nitrogens with zero attached hydrogens (tertiary/aromatic N) is 1. The first-order chi connectivity index (χ1) is 10.5. The van der Waals surface area contributed by atoms with E-state index < -0.39 is 5.97 Å². The molecule has 0 saturated carbocycles. The highest BCUT2D eigenvalue weighted by Gasteiger charge is 2.20. The molecule has 3 rings (SSSR count). The van der Waals surface area contributed by atoms with Crippen LogP contribution in [0.25, 0.3) is 10.9 Å². The zero-order chi connectivity index (χ0) is 15.9. The molecule has 2 heterocycles. The van der Waals surface area contributed by atoms with E-state index in [0.717, 1.165) is 31.4 Å². The Morgan fingerprint density at radius 3 is 2.86 bits per heavy atom. The van der Waals surface area contributed by atoms with Crippen LogP contribution in [-0.2, 0) is 0 Å². The number of aromatic carboxylic acids is 1. The molecular weight excluding hydrogens is 284 g/mol. The first kappa shape index (κ1) is 14.4. The second kappa shape index (κ2) is 5.34. The number of fused-ring (bicyclic) bond motifs is 1. The van der Waals surface area contributed by atoms with Gasteiger partial charge >= 0.3 is 5.97 Å². The van der Waals surface area contributed by atoms with Gasteiger partial charge in [-0.05, 0) is 19.1 Å². The van der Waals surface area contributed by atoms with Crippen LogP contribution in [0.15, 0.2) is 23.0 Å². The van der Waals surface area contributed by atoms with Crippen molar-refractivity contribution in [2.75, 3.05) is 30.3 Å². The fraction of sp³-hybridized carbons (Fsp3) is 0.333. The van der Waals surface area contributed by atoms with Gasteiger partial charge in [0, 0.05) is 42.8 Å². The maximum Gasteiger partial charge on any atom is 0.352 e. The minimum Gasteiger partial charge on any atom is -0.477 e. The summed E-state index contributed by atoms with van der Waals surface area (Å²) in [6.45, 7) is 4.67. The molecule has 1 aromatic heterocycles. The van der Waals surface area contributed by atoms with Crippen molar-refractivity contribution in [1.82, 2.24) is 10.3 Å². The van der Waals surface area contributed by atoms with E-state index in [-0.39, 0.29) is 11.1 Å². The van der Waals surface area contributed by atoms with E-state index in [9.17, 15) is 9.59 Å². The van der Waals surface area contributed by atoms with Gasteiger partial charge in [-0.15, -0.1) is 0 Å². The lowest BCUT2D eigenvalue weighted by Gasteiger charge is -2.36. The normalized spacial score (nSPS) is 18.6. The van der Waals surface area contributed by atoms with E-state index >= 15 is 0 Å². The second-order valence-electron chi connectivity index (χ2n) is 5.56. The number of aromatic amines is 1. The van der Waals surface area contributed by atoms with Gasteiger partial charge in [-0.25, -0.2) is 4.79 Å². The van der Waals surface area contributed by atoms with Crippen molar-refractivity contribution >= 4 is 28.2 Å². The number of aromatic nitrogens is 1. The highest BCUT2D eigenvalue weighted by Crippen LogP contribution is 2.27. The van der Waals surface area contributed by atoms with E-state index in [1.54, 1.807) is 12.1 Å². The first-order valence-electron chi connectivity index (χ1n) is 7.14. The van der Waals surface area contributed by atoms with Crippen molar-refractivity contribution in [3.63, 3.8) is 0 Å². The summed E-state index contributed by atoms with van der Waals surface area (Å²) in [5, 5.41) is 12.7. The van der Waals surface area contributed by atoms with Gasteiger partial charge in [0.05, 0.1) is 11.2 Å². The average Bonchev–Trinajstić information content (AvgIpc) is 2.48. The van der Waals surface area contributed by atoms with E-state index in [1.165, 1.54) is 0 Å². The Morgan fingerprint density at radius 1 is 1.41 bits per heavy atom. The summed E-state index contributed by atoms with van der Waals surface area (Å²) in [4.78, 5) is 28.2. The maximum absolute atomic E-state index is 12.2. The number of carboxylic acids is 1. The number of rotatable bonds is 2. The number of carboxylic acid groups (broad SMARTS) is 1. The van der Waals surface area contributed by atoms with Crippen molar-refractivity contribution in [2.45, 2.75) is 13.0 Å². The molecule has 116 valence electrons. The molecule has 7 heteroatoms. The van der Waals surface area contributed by atoms with Crippen molar-refractivity contribution < 1.29 is 9.90 Å². The van der Waals surface area contributed by atoms with Crippen molar-refractivity contribution in [2.24, 2.45) is 0 Å². The number of nitrogen functional groups attached to an aromatic ring is 1. The third kappa shape index (κ3) is 2.39. The number of piperazine rings is 1. The van der Waals surface area contributed by atoms with Gasteiger partial charge in [0.1, 0.15) is 5.69 Å². The summed E-state index contributed by atoms with van der Waals surface area (Å²) in [6.07, 6.45) is 0. The van der Waals surface area contributed by atoms with Gasteiger partial charge in [0.25, 0.3) is 0 Å². The maximum atomic E-state index is 12.2. The largest absolute Gasteiger partial charge is 0.477 e. The minimum atomic E-state index is -1.18. The van der Waals surface area contributed by atoms with Gasteiger partial charge in [-0.3, -0.25) is 4.79 Å². The van der Waals surface area contributed by atoms with Crippen LogP contribution >= 0.6 is 0 Å². The molecule has 1 aromatic carbocycles. The summed E-state index contributed by atoms with van der Waals surface area (Å²) in [7, 11) is 0. The lowest BCUT2D eigenvalue weighted by Crippen LogP contribution is -2.49. The second-order valence-corrected chi connectivity index (χ2v) is 5.56. The monoisotopic (exact) mass is 302 g/mol. The molecule has 2 aromatic rings. The molecule has 7 nitrogen and oxygen atoms in total. The van der Waals surface area contributed by atoms with Crippen LogP contribution < -0.4 is 21.4 Å². The highest BCUT2D eigenvalue weighted by molar-refractivity contribution is 5.96. The summed E-state index contributed by atoms with van der Waals surface area (Å²) >= 11 is 0. The van der Waals surface area contributed by atoms with E-state index in [2.05, 4.69) is 22.1 Å². The molecule has 0 bridgehead atoms. The fourth-order valence-corrected chi connectivity index (χ4v) is 2.87. The Kier molecular flexibility index (Phi) is 3.50. The molecule has 1 unspecified atom stereocenters. The number of hydrogen-bond donors (Lipinski definition) is 4. The molecule has 1 aliphatic heterocycles. The number of H-pyrrole nitrogens is 1. The highest BCUT2D eigenvalue weighted by atomic mass is 16.4. The lowest BCUT2D eigenvalue weighted by atomic mass is 10.1. The summed E-state index contributed by atoms with van der Waals surface area (Å²) in [6, 6.07) is 4.95. The average molecular weight is 302 g/mol. The van der Waals surface area contributed by atoms with Crippen molar-refractivity contribution in [3.8, 4) is 0 Å². The van der Waals surface area contributed by atoms with E-state index in [4.69, 9.17) is 10.8 Å². The summed E-state index contributed by atoms with van der Waals surface area (Å²) < 4.78 is 0. The lowest BCUT2D eigenvalue weighted by molar-refractivity contribution is 0.0691. The number of anilines is 2.